The van der Waals surface area contributed by atoms with Crippen LogP contribution in [0.4, 0.5) is 4.79 Å². The van der Waals surface area contributed by atoms with Crippen LogP contribution in [-0.4, -0.2) is 31.4 Å². The average Bonchev–Trinajstić information content (AvgIpc) is 2.34. The molecule has 4 bridgehead atoms. The van der Waals surface area contributed by atoms with Crippen LogP contribution in [0.3, 0.4) is 0 Å². The molecule has 4 saturated carbocycles. The van der Waals surface area contributed by atoms with Crippen molar-refractivity contribution in [2.45, 2.75) is 51.0 Å². The molecule has 4 fully saturated rings. The van der Waals surface area contributed by atoms with E-state index in [0.717, 1.165) is 32.1 Å². The van der Waals surface area contributed by atoms with Gasteiger partial charge in [-0.3, -0.25) is 4.79 Å². The van der Waals surface area contributed by atoms with Crippen LogP contribution in [0.2, 0.25) is 0 Å². The van der Waals surface area contributed by atoms with E-state index in [1.165, 1.54) is 20.5 Å². The Hall–Kier alpha value is -1.26. The van der Waals surface area contributed by atoms with Crippen molar-refractivity contribution in [3.8, 4) is 0 Å². The molecule has 0 aromatic rings. The standard InChI is InChI=1S/C15H22O5/c1-10(16)19-9-14-4-11-3-12(5-14)7-15(6-11,8-14)20-13(17)18-2/h11-12H,3-9H2,1-2H3. The summed E-state index contributed by atoms with van der Waals surface area (Å²) in [5.74, 6) is 0.927. The molecule has 20 heavy (non-hydrogen) atoms. The normalized spacial score (nSPS) is 41.3. The second-order valence-electron chi connectivity index (χ2n) is 6.98. The first kappa shape index (κ1) is 13.7. The second-order valence-corrected chi connectivity index (χ2v) is 6.98. The Bertz CT molecular complexity index is 416. The predicted octanol–water partition coefficient (Wildman–Crippen LogP) is 2.67. The molecule has 5 heteroatoms. The molecule has 4 rings (SSSR count). The second kappa shape index (κ2) is 4.64. The molecule has 0 aromatic carbocycles. The highest BCUT2D eigenvalue weighted by molar-refractivity contribution is 5.66. The summed E-state index contributed by atoms with van der Waals surface area (Å²) >= 11 is 0. The third-order valence-corrected chi connectivity index (χ3v) is 5.18. The van der Waals surface area contributed by atoms with Crippen LogP contribution in [0.5, 0.6) is 0 Å². The summed E-state index contributed by atoms with van der Waals surface area (Å²) in [5, 5.41) is 0. The Morgan fingerprint density at radius 1 is 1.15 bits per heavy atom. The van der Waals surface area contributed by atoms with Crippen molar-refractivity contribution in [1.82, 2.24) is 0 Å². The molecule has 0 amide bonds. The number of ether oxygens (including phenoxy) is 3. The SMILES string of the molecule is COC(=O)OC12CC3CC(CC(COC(C)=O)(C3)C1)C2. The first-order chi connectivity index (χ1) is 9.44. The highest BCUT2D eigenvalue weighted by Crippen LogP contribution is 2.62. The van der Waals surface area contributed by atoms with Gasteiger partial charge in [-0.2, -0.15) is 0 Å². The van der Waals surface area contributed by atoms with E-state index in [0.29, 0.717) is 18.4 Å². The van der Waals surface area contributed by atoms with E-state index in [4.69, 9.17) is 9.47 Å². The summed E-state index contributed by atoms with van der Waals surface area (Å²) in [6.45, 7) is 1.91. The van der Waals surface area contributed by atoms with Gasteiger partial charge in [-0.05, 0) is 50.4 Å². The van der Waals surface area contributed by atoms with Gasteiger partial charge in [0.1, 0.15) is 5.60 Å². The minimum absolute atomic E-state index is 0.00374. The Labute approximate surface area is 118 Å². The molecule has 0 aliphatic heterocycles. The van der Waals surface area contributed by atoms with Crippen molar-refractivity contribution in [2.75, 3.05) is 13.7 Å². The van der Waals surface area contributed by atoms with Crippen molar-refractivity contribution >= 4 is 12.1 Å². The van der Waals surface area contributed by atoms with E-state index in [-0.39, 0.29) is 11.4 Å². The molecule has 0 aromatic heterocycles. The summed E-state index contributed by atoms with van der Waals surface area (Å²) in [7, 11) is 1.34. The summed E-state index contributed by atoms with van der Waals surface area (Å²) in [4.78, 5) is 22.7. The molecule has 0 heterocycles. The molecule has 2 unspecified atom stereocenters. The molecule has 0 saturated heterocycles. The van der Waals surface area contributed by atoms with Crippen molar-refractivity contribution in [3.05, 3.63) is 0 Å². The first-order valence-corrected chi connectivity index (χ1v) is 7.35. The van der Waals surface area contributed by atoms with Crippen molar-refractivity contribution in [3.63, 3.8) is 0 Å². The quantitative estimate of drug-likeness (QED) is 0.745. The van der Waals surface area contributed by atoms with E-state index >= 15 is 0 Å². The summed E-state index contributed by atoms with van der Waals surface area (Å²) in [6, 6.07) is 0. The number of hydrogen-bond donors (Lipinski definition) is 0. The van der Waals surface area contributed by atoms with Gasteiger partial charge in [0.15, 0.2) is 0 Å². The smallest absolute Gasteiger partial charge is 0.465 e. The zero-order chi connectivity index (χ0) is 14.4. The third-order valence-electron chi connectivity index (χ3n) is 5.18. The van der Waals surface area contributed by atoms with Crippen molar-refractivity contribution in [1.29, 1.82) is 0 Å². The van der Waals surface area contributed by atoms with Gasteiger partial charge >= 0.3 is 12.1 Å². The number of esters is 1. The van der Waals surface area contributed by atoms with E-state index in [1.54, 1.807) is 0 Å². The van der Waals surface area contributed by atoms with Crippen molar-refractivity contribution < 1.29 is 23.8 Å². The number of rotatable bonds is 3. The molecule has 0 N–H and O–H groups in total. The van der Waals surface area contributed by atoms with Gasteiger partial charge in [0.2, 0.25) is 0 Å². The van der Waals surface area contributed by atoms with Crippen LogP contribution in [0.1, 0.15) is 45.4 Å². The number of carbonyl (C=O) groups excluding carboxylic acids is 2. The largest absolute Gasteiger partial charge is 0.508 e. The van der Waals surface area contributed by atoms with Crippen LogP contribution in [0.25, 0.3) is 0 Å². The fourth-order valence-electron chi connectivity index (χ4n) is 5.13. The molecule has 2 atom stereocenters. The van der Waals surface area contributed by atoms with Crippen LogP contribution >= 0.6 is 0 Å². The predicted molar refractivity (Wildman–Crippen MR) is 70.0 cm³/mol. The number of methoxy groups -OCH3 is 1. The zero-order valence-electron chi connectivity index (χ0n) is 12.1. The Morgan fingerprint density at radius 3 is 2.35 bits per heavy atom. The summed E-state index contributed by atoms with van der Waals surface area (Å²) in [5.41, 5.74) is -0.388. The van der Waals surface area contributed by atoms with E-state index in [1.807, 2.05) is 0 Å². The van der Waals surface area contributed by atoms with Gasteiger partial charge < -0.3 is 14.2 Å². The molecular weight excluding hydrogens is 260 g/mol. The molecule has 112 valence electrons. The average molecular weight is 282 g/mol. The fraction of sp³-hybridized carbons (Fsp3) is 0.867. The number of hydrogen-bond acceptors (Lipinski definition) is 5. The highest BCUT2D eigenvalue weighted by atomic mass is 16.7. The Kier molecular flexibility index (Phi) is 3.18. The lowest BCUT2D eigenvalue weighted by molar-refractivity contribution is -0.191. The molecular formula is C15H22O5. The van der Waals surface area contributed by atoms with Gasteiger partial charge in [0.05, 0.1) is 13.7 Å². The van der Waals surface area contributed by atoms with Gasteiger partial charge in [-0.15, -0.1) is 0 Å². The fourth-order valence-corrected chi connectivity index (χ4v) is 5.13. The maximum Gasteiger partial charge on any atom is 0.508 e. The molecule has 0 spiro atoms. The van der Waals surface area contributed by atoms with Crippen LogP contribution in [0.15, 0.2) is 0 Å². The lowest BCUT2D eigenvalue weighted by Crippen LogP contribution is -2.58. The molecule has 4 aliphatic carbocycles. The molecule has 4 aliphatic rings. The number of carbonyl (C=O) groups is 2. The van der Waals surface area contributed by atoms with Gasteiger partial charge in [-0.1, -0.05) is 0 Å². The lowest BCUT2D eigenvalue weighted by Gasteiger charge is -2.60. The van der Waals surface area contributed by atoms with Crippen molar-refractivity contribution in [2.24, 2.45) is 17.3 Å². The Morgan fingerprint density at radius 2 is 1.80 bits per heavy atom. The van der Waals surface area contributed by atoms with E-state index < -0.39 is 11.8 Å². The minimum atomic E-state index is -0.588. The van der Waals surface area contributed by atoms with Gasteiger partial charge in [0.25, 0.3) is 0 Å². The summed E-state index contributed by atoms with van der Waals surface area (Å²) < 4.78 is 15.6. The highest BCUT2D eigenvalue weighted by Gasteiger charge is 2.60. The summed E-state index contributed by atoms with van der Waals surface area (Å²) in [6.07, 6.45) is 5.46. The maximum absolute atomic E-state index is 11.5. The van der Waals surface area contributed by atoms with E-state index in [2.05, 4.69) is 4.74 Å². The van der Waals surface area contributed by atoms with Gasteiger partial charge in [0, 0.05) is 12.3 Å². The van der Waals surface area contributed by atoms with Gasteiger partial charge in [-0.25, -0.2) is 4.79 Å². The zero-order valence-corrected chi connectivity index (χ0v) is 12.1. The molecule has 5 nitrogen and oxygen atoms in total. The monoisotopic (exact) mass is 282 g/mol. The maximum atomic E-state index is 11.5. The minimum Gasteiger partial charge on any atom is -0.465 e. The van der Waals surface area contributed by atoms with Crippen LogP contribution < -0.4 is 0 Å². The first-order valence-electron chi connectivity index (χ1n) is 7.35. The Balaban J connectivity index is 1.78. The van der Waals surface area contributed by atoms with Crippen LogP contribution in [0, 0.1) is 17.3 Å². The topological polar surface area (TPSA) is 61.8 Å². The lowest BCUT2D eigenvalue weighted by atomic mass is 9.48. The third kappa shape index (κ3) is 2.38. The van der Waals surface area contributed by atoms with Crippen LogP contribution in [-0.2, 0) is 19.0 Å². The molecule has 0 radical (unpaired) electrons. The van der Waals surface area contributed by atoms with E-state index in [9.17, 15) is 9.59 Å².